The van der Waals surface area contributed by atoms with Gasteiger partial charge in [-0.3, -0.25) is 9.78 Å². The maximum Gasteiger partial charge on any atom is 0.164 e. The van der Waals surface area contributed by atoms with Crippen molar-refractivity contribution in [3.05, 3.63) is 53.1 Å². The highest BCUT2D eigenvalue weighted by atomic mass is 16.1. The summed E-state index contributed by atoms with van der Waals surface area (Å²) in [4.78, 5) is 16.2. The molecule has 0 bridgehead atoms. The van der Waals surface area contributed by atoms with Gasteiger partial charge in [0.15, 0.2) is 5.78 Å². The highest BCUT2D eigenvalue weighted by molar-refractivity contribution is 5.98. The van der Waals surface area contributed by atoms with Crippen molar-refractivity contribution in [2.24, 2.45) is 0 Å². The zero-order chi connectivity index (χ0) is 13.4. The summed E-state index contributed by atoms with van der Waals surface area (Å²) in [6.45, 7) is 4.25. The summed E-state index contributed by atoms with van der Waals surface area (Å²) in [7, 11) is 0. The Morgan fingerprint density at radius 2 is 2.21 bits per heavy atom. The van der Waals surface area contributed by atoms with E-state index >= 15 is 0 Å². The van der Waals surface area contributed by atoms with Crippen molar-refractivity contribution >= 4 is 5.78 Å². The first-order valence-electron chi connectivity index (χ1n) is 6.82. The Morgan fingerprint density at radius 1 is 1.37 bits per heavy atom. The quantitative estimate of drug-likeness (QED) is 0.824. The number of pyridine rings is 1. The number of ketones is 1. The molecule has 1 aliphatic rings. The van der Waals surface area contributed by atoms with Gasteiger partial charge >= 0.3 is 0 Å². The molecule has 0 saturated heterocycles. The molecule has 0 aliphatic heterocycles. The van der Waals surface area contributed by atoms with Gasteiger partial charge in [-0.15, -0.1) is 0 Å². The molecule has 19 heavy (non-hydrogen) atoms. The van der Waals surface area contributed by atoms with Crippen LogP contribution in [0.5, 0.6) is 0 Å². The molecular formula is C16H18N2O. The van der Waals surface area contributed by atoms with Crippen LogP contribution in [-0.2, 0) is 6.42 Å². The van der Waals surface area contributed by atoms with Crippen LogP contribution in [0.1, 0.15) is 53.1 Å². The van der Waals surface area contributed by atoms with E-state index in [1.54, 1.807) is 6.20 Å². The summed E-state index contributed by atoms with van der Waals surface area (Å²) in [5, 5.41) is 0. The molecule has 98 valence electrons. The Kier molecular flexibility index (Phi) is 2.97. The molecule has 3 rings (SSSR count). The number of aromatic nitrogens is 2. The second kappa shape index (κ2) is 4.65. The number of fused-ring (bicyclic) bond motifs is 1. The molecule has 0 aromatic carbocycles. The summed E-state index contributed by atoms with van der Waals surface area (Å²) < 4.78 is 2.30. The molecule has 0 saturated carbocycles. The third kappa shape index (κ3) is 1.99. The smallest absolute Gasteiger partial charge is 0.164 e. The van der Waals surface area contributed by atoms with Crippen molar-refractivity contribution in [2.75, 3.05) is 0 Å². The van der Waals surface area contributed by atoms with Crippen molar-refractivity contribution < 1.29 is 4.79 Å². The van der Waals surface area contributed by atoms with E-state index in [0.29, 0.717) is 12.2 Å². The van der Waals surface area contributed by atoms with Crippen molar-refractivity contribution in [3.8, 4) is 0 Å². The van der Waals surface area contributed by atoms with E-state index < -0.39 is 0 Å². The summed E-state index contributed by atoms with van der Waals surface area (Å²) in [5.74, 6) is 0.293. The molecule has 0 N–H and O–H groups in total. The van der Waals surface area contributed by atoms with Crippen LogP contribution in [0.3, 0.4) is 0 Å². The van der Waals surface area contributed by atoms with Gasteiger partial charge in [0.25, 0.3) is 0 Å². The van der Waals surface area contributed by atoms with E-state index in [4.69, 9.17) is 0 Å². The summed E-state index contributed by atoms with van der Waals surface area (Å²) in [6.07, 6.45) is 6.35. The van der Waals surface area contributed by atoms with Gasteiger partial charge in [0.2, 0.25) is 0 Å². The van der Waals surface area contributed by atoms with E-state index in [-0.39, 0.29) is 6.04 Å². The Balaban J connectivity index is 2.08. The molecule has 0 radical (unpaired) electrons. The Hall–Kier alpha value is -1.90. The van der Waals surface area contributed by atoms with Crippen LogP contribution in [0, 0.1) is 6.92 Å². The van der Waals surface area contributed by atoms with Crippen molar-refractivity contribution in [2.45, 2.75) is 39.2 Å². The first kappa shape index (κ1) is 12.2. The van der Waals surface area contributed by atoms with E-state index in [0.717, 1.165) is 24.1 Å². The van der Waals surface area contributed by atoms with Gasteiger partial charge in [0.05, 0.1) is 6.04 Å². The SMILES string of the molecule is Cc1cc2c(n1C(C)c1cccnc1)CCCC2=O. The predicted molar refractivity (Wildman–Crippen MR) is 74.5 cm³/mol. The first-order chi connectivity index (χ1) is 9.18. The molecule has 1 aliphatic carbocycles. The second-order valence-corrected chi connectivity index (χ2v) is 5.26. The lowest BCUT2D eigenvalue weighted by molar-refractivity contribution is 0.0971. The van der Waals surface area contributed by atoms with Gasteiger partial charge in [0, 0.05) is 35.8 Å². The van der Waals surface area contributed by atoms with E-state index in [1.807, 2.05) is 18.3 Å². The summed E-state index contributed by atoms with van der Waals surface area (Å²) in [5.41, 5.74) is 4.48. The van der Waals surface area contributed by atoms with Crippen LogP contribution in [-0.4, -0.2) is 15.3 Å². The largest absolute Gasteiger partial charge is 0.341 e. The molecule has 0 amide bonds. The third-order valence-electron chi connectivity index (χ3n) is 4.01. The minimum Gasteiger partial charge on any atom is -0.341 e. The standard InChI is InChI=1S/C16H18N2O/c1-11-9-14-15(6-3-7-16(14)19)18(11)12(2)13-5-4-8-17-10-13/h4-5,8-10,12H,3,6-7H2,1-2H3. The number of aryl methyl sites for hydroxylation is 1. The Labute approximate surface area is 113 Å². The molecule has 2 aromatic rings. The van der Waals surface area contributed by atoms with E-state index in [1.165, 1.54) is 11.3 Å². The van der Waals surface area contributed by atoms with Crippen LogP contribution in [0.2, 0.25) is 0 Å². The monoisotopic (exact) mass is 254 g/mol. The maximum atomic E-state index is 12.0. The fourth-order valence-electron chi connectivity index (χ4n) is 3.06. The topological polar surface area (TPSA) is 34.9 Å². The number of carbonyl (C=O) groups is 1. The number of carbonyl (C=O) groups excluding carboxylic acids is 1. The molecule has 2 aromatic heterocycles. The van der Waals surface area contributed by atoms with Crippen LogP contribution in [0.4, 0.5) is 0 Å². The number of nitrogens with zero attached hydrogens (tertiary/aromatic N) is 2. The highest BCUT2D eigenvalue weighted by Gasteiger charge is 2.24. The Bertz CT molecular complexity index is 613. The van der Waals surface area contributed by atoms with Crippen LogP contribution < -0.4 is 0 Å². The van der Waals surface area contributed by atoms with Crippen LogP contribution in [0.15, 0.2) is 30.6 Å². The van der Waals surface area contributed by atoms with Gasteiger partial charge in [-0.2, -0.15) is 0 Å². The van der Waals surface area contributed by atoms with Gasteiger partial charge in [-0.1, -0.05) is 6.07 Å². The molecule has 0 spiro atoms. The maximum absolute atomic E-state index is 12.0. The fraction of sp³-hybridized carbons (Fsp3) is 0.375. The number of Topliss-reactive ketones (excluding diaryl/α,β-unsaturated/α-hetero) is 1. The number of hydrogen-bond acceptors (Lipinski definition) is 2. The zero-order valence-electron chi connectivity index (χ0n) is 11.4. The van der Waals surface area contributed by atoms with Crippen LogP contribution >= 0.6 is 0 Å². The van der Waals surface area contributed by atoms with Gasteiger partial charge in [-0.25, -0.2) is 0 Å². The fourth-order valence-corrected chi connectivity index (χ4v) is 3.06. The first-order valence-corrected chi connectivity index (χ1v) is 6.82. The van der Waals surface area contributed by atoms with E-state index in [2.05, 4.69) is 29.5 Å². The molecule has 3 heteroatoms. The molecule has 0 fully saturated rings. The minimum absolute atomic E-state index is 0.225. The van der Waals surface area contributed by atoms with Crippen molar-refractivity contribution in [3.63, 3.8) is 0 Å². The lowest BCUT2D eigenvalue weighted by Crippen LogP contribution is -2.17. The predicted octanol–water partition coefficient (Wildman–Crippen LogP) is 3.32. The highest BCUT2D eigenvalue weighted by Crippen LogP contribution is 2.30. The average Bonchev–Trinajstić information content (AvgIpc) is 2.77. The van der Waals surface area contributed by atoms with Gasteiger partial charge in [0.1, 0.15) is 0 Å². The molecule has 1 unspecified atom stereocenters. The van der Waals surface area contributed by atoms with Crippen molar-refractivity contribution in [1.82, 2.24) is 9.55 Å². The molecule has 3 nitrogen and oxygen atoms in total. The van der Waals surface area contributed by atoms with Gasteiger partial charge in [-0.05, 0) is 44.4 Å². The molecule has 1 atom stereocenters. The number of hydrogen-bond donors (Lipinski definition) is 0. The number of rotatable bonds is 2. The summed E-state index contributed by atoms with van der Waals surface area (Å²) in [6, 6.07) is 6.32. The third-order valence-corrected chi connectivity index (χ3v) is 4.01. The lowest BCUT2D eigenvalue weighted by Gasteiger charge is -2.22. The molecule has 2 heterocycles. The second-order valence-electron chi connectivity index (χ2n) is 5.26. The normalized spacial score (nSPS) is 16.2. The Morgan fingerprint density at radius 3 is 2.95 bits per heavy atom. The van der Waals surface area contributed by atoms with E-state index in [9.17, 15) is 4.79 Å². The summed E-state index contributed by atoms with van der Waals surface area (Å²) >= 11 is 0. The van der Waals surface area contributed by atoms with Gasteiger partial charge < -0.3 is 4.57 Å². The molecular weight excluding hydrogens is 236 g/mol. The minimum atomic E-state index is 0.225. The average molecular weight is 254 g/mol. The van der Waals surface area contributed by atoms with Crippen LogP contribution in [0.25, 0.3) is 0 Å². The van der Waals surface area contributed by atoms with Crippen molar-refractivity contribution in [1.29, 1.82) is 0 Å². The zero-order valence-corrected chi connectivity index (χ0v) is 11.4. The lowest BCUT2D eigenvalue weighted by atomic mass is 9.96.